The molecule has 2 N–H and O–H groups in total. The molecule has 4 aromatic rings. The molecule has 0 spiro atoms. The molecule has 3 fully saturated rings. The molecule has 2 bridgehead atoms. The van der Waals surface area contributed by atoms with Gasteiger partial charge >= 0.3 is 4.87 Å². The standard InChI is InChI=1S/C35H30ClN3O6S2/c1-16-3-8-19(9-4-16)39-33(41)28-22-14-23(29(28)34(39)42)30-27(22)26(31-32(46-30)38-35(43)47-31)21-13-17(36)5-12-24(21)45-15-25(40)37-18-6-10-20(44-2)11-7-18/h3-13,22-23,26-30H,14-15H2,1-2H3,(H,37,40)(H,38,43)/t22-,23-,26+,27-,28+,29+,30-/m1/s1. The molecule has 3 heterocycles. The van der Waals surface area contributed by atoms with Crippen molar-refractivity contribution in [2.75, 3.05) is 23.9 Å². The predicted molar refractivity (Wildman–Crippen MR) is 181 cm³/mol. The number of methoxy groups -OCH3 is 1. The number of fused-ring (bicyclic) bond motifs is 9. The number of imide groups is 1. The lowest BCUT2D eigenvalue weighted by Crippen LogP contribution is -2.42. The minimum absolute atomic E-state index is 0.00363. The fourth-order valence-corrected chi connectivity index (χ4v) is 11.3. The number of halogens is 1. The number of hydrogen-bond donors (Lipinski definition) is 2. The number of aromatic amines is 1. The van der Waals surface area contributed by atoms with E-state index in [1.807, 2.05) is 37.3 Å². The molecule has 12 heteroatoms. The molecule has 2 aliphatic carbocycles. The fourth-order valence-electron chi connectivity index (χ4n) is 8.22. The molecule has 240 valence electrons. The summed E-state index contributed by atoms with van der Waals surface area (Å²) < 4.78 is 11.4. The molecule has 9 nitrogen and oxygen atoms in total. The quantitative estimate of drug-likeness (QED) is 0.226. The van der Waals surface area contributed by atoms with Crippen molar-refractivity contribution < 1.29 is 23.9 Å². The molecular weight excluding hydrogens is 658 g/mol. The van der Waals surface area contributed by atoms with Gasteiger partial charge in [-0.1, -0.05) is 40.6 Å². The molecule has 1 saturated heterocycles. The Morgan fingerprint density at radius 2 is 1.72 bits per heavy atom. The lowest BCUT2D eigenvalue weighted by Gasteiger charge is -2.43. The Kier molecular flexibility index (Phi) is 7.46. The van der Waals surface area contributed by atoms with E-state index in [9.17, 15) is 19.2 Å². The summed E-state index contributed by atoms with van der Waals surface area (Å²) in [6, 6.07) is 19.8. The molecule has 3 amide bonds. The van der Waals surface area contributed by atoms with E-state index < -0.39 is 11.8 Å². The van der Waals surface area contributed by atoms with Crippen LogP contribution in [0.5, 0.6) is 11.5 Å². The number of thioether (sulfide) groups is 1. The van der Waals surface area contributed by atoms with Crippen LogP contribution in [0.2, 0.25) is 5.02 Å². The number of thiazole rings is 1. The molecule has 2 saturated carbocycles. The SMILES string of the molecule is COc1ccc(NC(=O)COc2ccc(Cl)cc2[C@@H]2c3sc(=O)[nH]c3S[C@@H]3[C@@H]4C[C@@H]([C@@H]5C(=O)N(c6ccc(C)cc6)C(=O)[C@@H]45)[C@H]23)cc1. The van der Waals surface area contributed by atoms with Crippen LogP contribution in [-0.4, -0.2) is 41.7 Å². The van der Waals surface area contributed by atoms with Crippen LogP contribution >= 0.6 is 34.7 Å². The number of ether oxygens (including phenoxy) is 2. The van der Waals surface area contributed by atoms with Gasteiger partial charge in [0.25, 0.3) is 5.91 Å². The molecule has 4 aliphatic rings. The van der Waals surface area contributed by atoms with Crippen LogP contribution in [0.1, 0.15) is 28.3 Å². The first-order valence-electron chi connectivity index (χ1n) is 15.4. The van der Waals surface area contributed by atoms with E-state index in [0.29, 0.717) is 27.9 Å². The average molecular weight is 688 g/mol. The van der Waals surface area contributed by atoms with Crippen molar-refractivity contribution in [3.63, 3.8) is 0 Å². The minimum Gasteiger partial charge on any atom is -0.497 e. The van der Waals surface area contributed by atoms with Gasteiger partial charge in [-0.15, -0.1) is 11.8 Å². The lowest BCUT2D eigenvalue weighted by atomic mass is 9.68. The summed E-state index contributed by atoms with van der Waals surface area (Å²) in [4.78, 5) is 58.8. The van der Waals surface area contributed by atoms with Crippen LogP contribution in [0, 0.1) is 36.5 Å². The number of aromatic nitrogens is 1. The number of nitrogens with one attached hydrogen (secondary N) is 2. The van der Waals surface area contributed by atoms with E-state index in [1.54, 1.807) is 55.3 Å². The van der Waals surface area contributed by atoms with Crippen molar-refractivity contribution in [3.8, 4) is 11.5 Å². The maximum absolute atomic E-state index is 14.1. The van der Waals surface area contributed by atoms with Crippen LogP contribution in [0.15, 0.2) is 76.6 Å². The highest BCUT2D eigenvalue weighted by Gasteiger charge is 2.69. The summed E-state index contributed by atoms with van der Waals surface area (Å²) in [5.41, 5.74) is 3.03. The fraction of sp³-hybridized carbons (Fsp3) is 0.314. The number of aryl methyl sites for hydroxylation is 1. The zero-order valence-corrected chi connectivity index (χ0v) is 27.8. The second kappa shape index (κ2) is 11.6. The summed E-state index contributed by atoms with van der Waals surface area (Å²) in [6.45, 7) is 1.72. The highest BCUT2D eigenvalue weighted by Crippen LogP contribution is 2.69. The van der Waals surface area contributed by atoms with Gasteiger partial charge in [-0.25, -0.2) is 0 Å². The third kappa shape index (κ3) is 4.98. The first kappa shape index (κ1) is 30.3. The van der Waals surface area contributed by atoms with Gasteiger partial charge in [0.05, 0.1) is 29.7 Å². The Morgan fingerprint density at radius 3 is 2.45 bits per heavy atom. The van der Waals surface area contributed by atoms with Crippen LogP contribution < -0.4 is 24.6 Å². The Bertz CT molecular complexity index is 1980. The topological polar surface area (TPSA) is 118 Å². The third-order valence-electron chi connectivity index (χ3n) is 10.1. The third-order valence-corrected chi connectivity index (χ3v) is 12.9. The monoisotopic (exact) mass is 687 g/mol. The minimum atomic E-state index is -0.436. The Morgan fingerprint density at radius 1 is 1.00 bits per heavy atom. The van der Waals surface area contributed by atoms with Gasteiger partial charge in [-0.05, 0) is 85.7 Å². The van der Waals surface area contributed by atoms with Crippen LogP contribution in [-0.2, 0) is 14.4 Å². The summed E-state index contributed by atoms with van der Waals surface area (Å²) in [5, 5.41) is 4.12. The zero-order valence-electron chi connectivity index (χ0n) is 25.4. The first-order valence-corrected chi connectivity index (χ1v) is 17.5. The number of hydrogen-bond acceptors (Lipinski definition) is 8. The lowest BCUT2D eigenvalue weighted by molar-refractivity contribution is -0.123. The number of carbonyl (C=O) groups is 3. The van der Waals surface area contributed by atoms with E-state index >= 15 is 0 Å². The van der Waals surface area contributed by atoms with Gasteiger partial charge in [0.2, 0.25) is 11.8 Å². The van der Waals surface area contributed by atoms with Crippen molar-refractivity contribution in [3.05, 3.63) is 97.4 Å². The van der Waals surface area contributed by atoms with Crippen molar-refractivity contribution >= 4 is 63.8 Å². The number of amides is 3. The molecule has 1 aromatic heterocycles. The van der Waals surface area contributed by atoms with Gasteiger partial charge < -0.3 is 19.8 Å². The molecule has 0 radical (unpaired) electrons. The number of carbonyl (C=O) groups excluding carboxylic acids is 3. The summed E-state index contributed by atoms with van der Waals surface area (Å²) in [7, 11) is 1.58. The summed E-state index contributed by atoms with van der Waals surface area (Å²) in [6.07, 6.45) is 0.758. The Balaban J connectivity index is 1.12. The number of rotatable bonds is 7. The Labute approximate surface area is 283 Å². The van der Waals surface area contributed by atoms with Crippen molar-refractivity contribution in [1.29, 1.82) is 0 Å². The van der Waals surface area contributed by atoms with Gasteiger partial charge in [-0.2, -0.15) is 0 Å². The van der Waals surface area contributed by atoms with Crippen LogP contribution in [0.3, 0.4) is 0 Å². The summed E-state index contributed by atoms with van der Waals surface area (Å²) in [5.74, 6) is -0.750. The van der Waals surface area contributed by atoms with E-state index in [2.05, 4.69) is 10.3 Å². The maximum Gasteiger partial charge on any atom is 0.305 e. The number of benzene rings is 3. The van der Waals surface area contributed by atoms with Gasteiger partial charge in [0, 0.05) is 32.3 Å². The molecule has 47 heavy (non-hydrogen) atoms. The molecule has 3 aromatic carbocycles. The van der Waals surface area contributed by atoms with E-state index in [4.69, 9.17) is 21.1 Å². The molecule has 0 unspecified atom stereocenters. The maximum atomic E-state index is 14.1. The number of anilines is 2. The van der Waals surface area contributed by atoms with Crippen molar-refractivity contribution in [1.82, 2.24) is 4.98 Å². The number of nitrogens with zero attached hydrogens (tertiary/aromatic N) is 1. The zero-order chi connectivity index (χ0) is 32.6. The Hall–Kier alpha value is -4.06. The number of H-pyrrole nitrogens is 1. The van der Waals surface area contributed by atoms with Crippen molar-refractivity contribution in [2.24, 2.45) is 29.6 Å². The predicted octanol–water partition coefficient (Wildman–Crippen LogP) is 6.10. The van der Waals surface area contributed by atoms with Gasteiger partial charge in [0.1, 0.15) is 11.5 Å². The first-order chi connectivity index (χ1) is 22.7. The molecule has 8 rings (SSSR count). The second-order valence-electron chi connectivity index (χ2n) is 12.6. The highest BCUT2D eigenvalue weighted by molar-refractivity contribution is 8.00. The normalized spacial score (nSPS) is 27.0. The van der Waals surface area contributed by atoms with Crippen LogP contribution in [0.25, 0.3) is 0 Å². The summed E-state index contributed by atoms with van der Waals surface area (Å²) >= 11 is 9.37. The molecule has 7 atom stereocenters. The average Bonchev–Trinajstić information content (AvgIpc) is 3.80. The van der Waals surface area contributed by atoms with Gasteiger partial charge in [-0.3, -0.25) is 24.1 Å². The van der Waals surface area contributed by atoms with E-state index in [0.717, 1.165) is 38.8 Å². The van der Waals surface area contributed by atoms with Crippen molar-refractivity contribution in [2.45, 2.75) is 29.5 Å². The largest absolute Gasteiger partial charge is 0.497 e. The molecular formula is C35H30ClN3O6S2. The van der Waals surface area contributed by atoms with Crippen LogP contribution in [0.4, 0.5) is 11.4 Å². The van der Waals surface area contributed by atoms with E-state index in [1.165, 1.54) is 4.90 Å². The van der Waals surface area contributed by atoms with Gasteiger partial charge in [0.15, 0.2) is 6.61 Å². The highest BCUT2D eigenvalue weighted by atomic mass is 35.5. The van der Waals surface area contributed by atoms with E-state index in [-0.39, 0.29) is 58.1 Å². The smallest absolute Gasteiger partial charge is 0.305 e. The molecule has 2 aliphatic heterocycles. The second-order valence-corrected chi connectivity index (χ2v) is 15.2.